The van der Waals surface area contributed by atoms with Gasteiger partial charge < -0.3 is 9.47 Å². The summed E-state index contributed by atoms with van der Waals surface area (Å²) in [6.45, 7) is 3.63. The SMILES string of the molecule is CCc1nccn1CCC(=O)N1CCCC[C@H]1c1ccn[nH]1. The molecule has 1 N–H and O–H groups in total. The Bertz CT molecular complexity index is 604. The van der Waals surface area contributed by atoms with Crippen molar-refractivity contribution in [1.82, 2.24) is 24.6 Å². The van der Waals surface area contributed by atoms with Gasteiger partial charge in [0, 0.05) is 44.5 Å². The summed E-state index contributed by atoms with van der Waals surface area (Å²) in [4.78, 5) is 19.0. The van der Waals surface area contributed by atoms with E-state index in [9.17, 15) is 4.79 Å². The molecule has 118 valence electrons. The maximum Gasteiger partial charge on any atom is 0.224 e. The Labute approximate surface area is 130 Å². The molecule has 1 aliphatic rings. The van der Waals surface area contributed by atoms with Crippen LogP contribution in [0.15, 0.2) is 24.7 Å². The van der Waals surface area contributed by atoms with Crippen molar-refractivity contribution >= 4 is 5.91 Å². The highest BCUT2D eigenvalue weighted by molar-refractivity contribution is 5.76. The first kappa shape index (κ1) is 14.8. The molecule has 2 aromatic heterocycles. The molecule has 6 heteroatoms. The number of imidazole rings is 1. The number of aromatic amines is 1. The van der Waals surface area contributed by atoms with E-state index in [-0.39, 0.29) is 11.9 Å². The lowest BCUT2D eigenvalue weighted by molar-refractivity contribution is -0.135. The van der Waals surface area contributed by atoms with Crippen molar-refractivity contribution in [3.63, 3.8) is 0 Å². The average Bonchev–Trinajstić information content (AvgIpc) is 3.23. The lowest BCUT2D eigenvalue weighted by atomic mass is 9.99. The van der Waals surface area contributed by atoms with E-state index in [2.05, 4.69) is 26.7 Å². The largest absolute Gasteiger partial charge is 0.334 e. The van der Waals surface area contributed by atoms with Crippen molar-refractivity contribution < 1.29 is 4.79 Å². The lowest BCUT2D eigenvalue weighted by Gasteiger charge is -2.35. The van der Waals surface area contributed by atoms with Crippen LogP contribution in [0.25, 0.3) is 0 Å². The third kappa shape index (κ3) is 3.05. The summed E-state index contributed by atoms with van der Waals surface area (Å²) < 4.78 is 2.08. The molecule has 22 heavy (non-hydrogen) atoms. The van der Waals surface area contributed by atoms with E-state index in [0.29, 0.717) is 13.0 Å². The molecule has 1 amide bonds. The van der Waals surface area contributed by atoms with Crippen molar-refractivity contribution in [3.8, 4) is 0 Å². The van der Waals surface area contributed by atoms with Crippen molar-refractivity contribution in [2.45, 2.75) is 51.6 Å². The summed E-state index contributed by atoms with van der Waals surface area (Å²) >= 11 is 0. The predicted octanol–water partition coefficient (Wildman–Crippen LogP) is 2.31. The van der Waals surface area contributed by atoms with E-state index >= 15 is 0 Å². The minimum atomic E-state index is 0.150. The van der Waals surface area contributed by atoms with Crippen molar-refractivity contribution in [3.05, 3.63) is 36.2 Å². The summed E-state index contributed by atoms with van der Waals surface area (Å²) in [5.74, 6) is 1.26. The van der Waals surface area contributed by atoms with Crippen LogP contribution in [0.5, 0.6) is 0 Å². The van der Waals surface area contributed by atoms with Crippen LogP contribution in [0.4, 0.5) is 0 Å². The first-order valence-corrected chi connectivity index (χ1v) is 8.08. The Morgan fingerprint density at radius 3 is 3.09 bits per heavy atom. The van der Waals surface area contributed by atoms with E-state index in [1.165, 1.54) is 0 Å². The van der Waals surface area contributed by atoms with Gasteiger partial charge in [0.2, 0.25) is 5.91 Å². The smallest absolute Gasteiger partial charge is 0.224 e. The third-order valence-electron chi connectivity index (χ3n) is 4.39. The number of amides is 1. The molecule has 3 rings (SSSR count). The lowest BCUT2D eigenvalue weighted by Crippen LogP contribution is -2.39. The van der Waals surface area contributed by atoms with E-state index in [4.69, 9.17) is 0 Å². The second-order valence-electron chi connectivity index (χ2n) is 5.75. The highest BCUT2D eigenvalue weighted by Crippen LogP contribution is 2.30. The second kappa shape index (κ2) is 6.77. The van der Waals surface area contributed by atoms with Crippen LogP contribution in [-0.4, -0.2) is 37.1 Å². The molecule has 0 saturated carbocycles. The van der Waals surface area contributed by atoms with Gasteiger partial charge in [0.25, 0.3) is 0 Å². The van der Waals surface area contributed by atoms with E-state index in [1.54, 1.807) is 12.4 Å². The number of carbonyl (C=O) groups excluding carboxylic acids is 1. The summed E-state index contributed by atoms with van der Waals surface area (Å²) in [6.07, 6.45) is 10.2. The minimum absolute atomic E-state index is 0.150. The van der Waals surface area contributed by atoms with Crippen LogP contribution in [0, 0.1) is 0 Å². The number of aromatic nitrogens is 4. The number of nitrogens with zero attached hydrogens (tertiary/aromatic N) is 4. The molecule has 2 aromatic rings. The molecule has 3 heterocycles. The number of piperidine rings is 1. The fourth-order valence-electron chi connectivity index (χ4n) is 3.22. The van der Waals surface area contributed by atoms with Crippen LogP contribution in [0.2, 0.25) is 0 Å². The highest BCUT2D eigenvalue weighted by atomic mass is 16.2. The Morgan fingerprint density at radius 1 is 1.41 bits per heavy atom. The molecule has 0 radical (unpaired) electrons. The van der Waals surface area contributed by atoms with Crippen molar-refractivity contribution in [1.29, 1.82) is 0 Å². The number of hydrogen-bond acceptors (Lipinski definition) is 3. The molecule has 1 fully saturated rings. The Balaban J connectivity index is 1.65. The highest BCUT2D eigenvalue weighted by Gasteiger charge is 2.28. The van der Waals surface area contributed by atoms with Crippen LogP contribution in [0.1, 0.15) is 50.2 Å². The van der Waals surface area contributed by atoms with E-state index in [0.717, 1.165) is 43.7 Å². The maximum absolute atomic E-state index is 12.7. The van der Waals surface area contributed by atoms with Crippen molar-refractivity contribution in [2.75, 3.05) is 6.54 Å². The zero-order valence-electron chi connectivity index (χ0n) is 13.0. The first-order chi connectivity index (χ1) is 10.8. The molecule has 1 aliphatic heterocycles. The predicted molar refractivity (Wildman–Crippen MR) is 83.1 cm³/mol. The number of rotatable bonds is 5. The summed E-state index contributed by atoms with van der Waals surface area (Å²) in [7, 11) is 0. The number of likely N-dealkylation sites (tertiary alicyclic amines) is 1. The Morgan fingerprint density at radius 2 is 2.32 bits per heavy atom. The summed E-state index contributed by atoms with van der Waals surface area (Å²) in [5, 5.41) is 7.05. The summed E-state index contributed by atoms with van der Waals surface area (Å²) in [5.41, 5.74) is 1.05. The molecule has 0 unspecified atom stereocenters. The number of H-pyrrole nitrogens is 1. The van der Waals surface area contributed by atoms with Gasteiger partial charge in [-0.25, -0.2) is 4.98 Å². The first-order valence-electron chi connectivity index (χ1n) is 8.08. The van der Waals surface area contributed by atoms with Gasteiger partial charge in [-0.3, -0.25) is 9.89 Å². The van der Waals surface area contributed by atoms with Gasteiger partial charge in [0.15, 0.2) is 0 Å². The zero-order chi connectivity index (χ0) is 15.4. The van der Waals surface area contributed by atoms with Crippen LogP contribution in [0.3, 0.4) is 0 Å². The maximum atomic E-state index is 12.7. The normalized spacial score (nSPS) is 18.6. The van der Waals surface area contributed by atoms with Gasteiger partial charge in [0.1, 0.15) is 5.82 Å². The number of carbonyl (C=O) groups is 1. The topological polar surface area (TPSA) is 66.8 Å². The van der Waals surface area contributed by atoms with Crippen LogP contribution in [-0.2, 0) is 17.8 Å². The van der Waals surface area contributed by atoms with Gasteiger partial charge >= 0.3 is 0 Å². The second-order valence-corrected chi connectivity index (χ2v) is 5.75. The van der Waals surface area contributed by atoms with Gasteiger partial charge in [-0.05, 0) is 25.3 Å². The van der Waals surface area contributed by atoms with Crippen LogP contribution >= 0.6 is 0 Å². The number of hydrogen-bond donors (Lipinski definition) is 1. The van der Waals surface area contributed by atoms with Gasteiger partial charge in [-0.15, -0.1) is 0 Å². The molecule has 1 atom stereocenters. The molecular formula is C16H23N5O. The van der Waals surface area contributed by atoms with Crippen LogP contribution < -0.4 is 0 Å². The number of nitrogens with one attached hydrogen (secondary N) is 1. The zero-order valence-corrected chi connectivity index (χ0v) is 13.0. The third-order valence-corrected chi connectivity index (χ3v) is 4.39. The van der Waals surface area contributed by atoms with E-state index < -0.39 is 0 Å². The Hall–Kier alpha value is -2.11. The number of aryl methyl sites for hydroxylation is 2. The molecule has 0 aliphatic carbocycles. The molecule has 0 aromatic carbocycles. The monoisotopic (exact) mass is 301 g/mol. The fourth-order valence-corrected chi connectivity index (χ4v) is 3.22. The molecule has 0 spiro atoms. The molecule has 1 saturated heterocycles. The van der Waals surface area contributed by atoms with Gasteiger partial charge in [-0.2, -0.15) is 5.10 Å². The molecule has 0 bridgehead atoms. The molecular weight excluding hydrogens is 278 g/mol. The van der Waals surface area contributed by atoms with E-state index in [1.807, 2.05) is 17.2 Å². The standard InChI is InChI=1S/C16H23N5O/c1-2-15-17-9-12-20(15)11-7-16(22)21-10-4-3-5-14(21)13-6-8-18-19-13/h6,8-9,12,14H,2-5,7,10-11H2,1H3,(H,18,19)/t14-/m0/s1. The Kier molecular flexibility index (Phi) is 4.56. The minimum Gasteiger partial charge on any atom is -0.334 e. The molecule has 6 nitrogen and oxygen atoms in total. The van der Waals surface area contributed by atoms with Gasteiger partial charge in [-0.1, -0.05) is 6.92 Å². The fraction of sp³-hybridized carbons (Fsp3) is 0.562. The average molecular weight is 301 g/mol. The quantitative estimate of drug-likeness (QED) is 0.921. The van der Waals surface area contributed by atoms with Gasteiger partial charge in [0.05, 0.1) is 11.7 Å². The summed E-state index contributed by atoms with van der Waals surface area (Å²) in [6, 6.07) is 2.12. The van der Waals surface area contributed by atoms with Crippen molar-refractivity contribution in [2.24, 2.45) is 0 Å².